The predicted octanol–water partition coefficient (Wildman–Crippen LogP) is 2.74. The van der Waals surface area contributed by atoms with Crippen LogP contribution in [0.15, 0.2) is 34.8 Å². The van der Waals surface area contributed by atoms with E-state index in [0.717, 1.165) is 0 Å². The van der Waals surface area contributed by atoms with Crippen molar-refractivity contribution >= 4 is 28.7 Å². The van der Waals surface area contributed by atoms with E-state index in [1.165, 1.54) is 0 Å². The van der Waals surface area contributed by atoms with Crippen molar-refractivity contribution in [1.82, 2.24) is 4.98 Å². The first-order valence-corrected chi connectivity index (χ1v) is 7.10. The van der Waals surface area contributed by atoms with E-state index < -0.39 is 17.8 Å². The Morgan fingerprint density at radius 2 is 2.00 bits per heavy atom. The number of aromatic nitrogens is 1. The minimum absolute atomic E-state index is 0.281. The summed E-state index contributed by atoms with van der Waals surface area (Å²) in [5.41, 5.74) is 1.90. The van der Waals surface area contributed by atoms with Crippen molar-refractivity contribution in [3.05, 3.63) is 36.2 Å². The lowest BCUT2D eigenvalue weighted by atomic mass is 9.82. The topological polar surface area (TPSA) is 92.4 Å². The second-order valence-electron chi connectivity index (χ2n) is 5.40. The summed E-state index contributed by atoms with van der Waals surface area (Å²) in [4.78, 5) is 27.8. The number of hydrogen-bond acceptors (Lipinski definition) is 4. The van der Waals surface area contributed by atoms with Gasteiger partial charge in [-0.3, -0.25) is 9.59 Å². The van der Waals surface area contributed by atoms with E-state index in [4.69, 9.17) is 4.42 Å². The van der Waals surface area contributed by atoms with Crippen molar-refractivity contribution in [3.63, 3.8) is 0 Å². The molecule has 6 nitrogen and oxygen atoms in total. The van der Waals surface area contributed by atoms with Gasteiger partial charge in [0.2, 0.25) is 5.91 Å². The van der Waals surface area contributed by atoms with Crippen molar-refractivity contribution in [1.29, 1.82) is 0 Å². The Morgan fingerprint density at radius 1 is 1.27 bits per heavy atom. The van der Waals surface area contributed by atoms with Gasteiger partial charge in [-0.1, -0.05) is 12.2 Å². The molecule has 2 atom stereocenters. The summed E-state index contributed by atoms with van der Waals surface area (Å²) < 4.78 is 5.38. The number of carbonyl (C=O) groups is 2. The van der Waals surface area contributed by atoms with Gasteiger partial charge in [0.1, 0.15) is 5.52 Å². The van der Waals surface area contributed by atoms with Crippen LogP contribution >= 0.6 is 0 Å². The monoisotopic (exact) mass is 300 g/mol. The maximum atomic E-state index is 12.4. The standard InChI is InChI=1S/C16H16N2O4/c1-9-17-13-8-10(6-7-14(13)22-9)18-15(19)11-4-2-3-5-12(11)16(20)21/h2-3,6-8,11-12H,4-5H2,1H3,(H,18,19)(H,20,21)/t11-,12+/m0/s1. The Labute approximate surface area is 126 Å². The number of amides is 1. The first kappa shape index (κ1) is 14.3. The van der Waals surface area contributed by atoms with Crippen LogP contribution in [0.4, 0.5) is 5.69 Å². The summed E-state index contributed by atoms with van der Waals surface area (Å²) in [6.45, 7) is 1.75. The highest BCUT2D eigenvalue weighted by Crippen LogP contribution is 2.28. The third kappa shape index (κ3) is 2.72. The third-order valence-corrected chi connectivity index (χ3v) is 3.85. The first-order valence-electron chi connectivity index (χ1n) is 7.10. The molecule has 1 aromatic heterocycles. The van der Waals surface area contributed by atoms with Gasteiger partial charge >= 0.3 is 5.97 Å². The van der Waals surface area contributed by atoms with Gasteiger partial charge in [0.15, 0.2) is 11.5 Å². The lowest BCUT2D eigenvalue weighted by Gasteiger charge is -2.24. The number of benzene rings is 1. The summed E-state index contributed by atoms with van der Waals surface area (Å²) in [7, 11) is 0. The Hall–Kier alpha value is -2.63. The molecular weight excluding hydrogens is 284 g/mol. The first-order chi connectivity index (χ1) is 10.5. The van der Waals surface area contributed by atoms with E-state index in [0.29, 0.717) is 35.5 Å². The molecule has 2 N–H and O–H groups in total. The minimum Gasteiger partial charge on any atom is -0.481 e. The Kier molecular flexibility index (Phi) is 3.66. The number of fused-ring (bicyclic) bond motifs is 1. The van der Waals surface area contributed by atoms with Crippen LogP contribution in [0, 0.1) is 18.8 Å². The molecule has 1 aromatic carbocycles. The van der Waals surface area contributed by atoms with Gasteiger partial charge in [0.25, 0.3) is 0 Å². The summed E-state index contributed by atoms with van der Waals surface area (Å²) >= 11 is 0. The van der Waals surface area contributed by atoms with Crippen molar-refractivity contribution in [2.24, 2.45) is 11.8 Å². The maximum absolute atomic E-state index is 12.4. The van der Waals surface area contributed by atoms with E-state index in [2.05, 4.69) is 10.3 Å². The molecule has 22 heavy (non-hydrogen) atoms. The van der Waals surface area contributed by atoms with Gasteiger partial charge in [-0.15, -0.1) is 0 Å². The number of allylic oxidation sites excluding steroid dienone is 2. The van der Waals surface area contributed by atoms with Gasteiger partial charge < -0.3 is 14.8 Å². The smallest absolute Gasteiger partial charge is 0.307 e. The van der Waals surface area contributed by atoms with Crippen LogP contribution in [0.2, 0.25) is 0 Å². The molecule has 1 aliphatic carbocycles. The van der Waals surface area contributed by atoms with Gasteiger partial charge in [0.05, 0.1) is 11.8 Å². The van der Waals surface area contributed by atoms with Crippen LogP contribution in [0.5, 0.6) is 0 Å². The van der Waals surface area contributed by atoms with E-state index in [-0.39, 0.29) is 5.91 Å². The fraction of sp³-hybridized carbons (Fsp3) is 0.312. The van der Waals surface area contributed by atoms with Gasteiger partial charge in [-0.05, 0) is 31.0 Å². The van der Waals surface area contributed by atoms with E-state index >= 15 is 0 Å². The highest BCUT2D eigenvalue weighted by molar-refractivity contribution is 5.96. The largest absolute Gasteiger partial charge is 0.481 e. The minimum atomic E-state index is -0.938. The maximum Gasteiger partial charge on any atom is 0.307 e. The molecule has 0 saturated carbocycles. The number of carbonyl (C=O) groups excluding carboxylic acids is 1. The number of oxazole rings is 1. The van der Waals surface area contributed by atoms with Crippen LogP contribution in [0.25, 0.3) is 11.1 Å². The van der Waals surface area contributed by atoms with Gasteiger partial charge in [-0.25, -0.2) is 4.98 Å². The van der Waals surface area contributed by atoms with Gasteiger partial charge in [0, 0.05) is 12.6 Å². The summed E-state index contributed by atoms with van der Waals surface area (Å²) in [6, 6.07) is 5.18. The van der Waals surface area contributed by atoms with Crippen molar-refractivity contribution < 1.29 is 19.1 Å². The average Bonchev–Trinajstić information content (AvgIpc) is 2.86. The summed E-state index contributed by atoms with van der Waals surface area (Å²) in [5.74, 6) is -1.90. The lowest BCUT2D eigenvalue weighted by Crippen LogP contribution is -2.34. The molecule has 2 aromatic rings. The molecule has 3 rings (SSSR count). The molecule has 0 saturated heterocycles. The molecule has 0 fully saturated rings. The van der Waals surface area contributed by atoms with Crippen molar-refractivity contribution in [3.8, 4) is 0 Å². The number of carboxylic acids is 1. The normalized spacial score (nSPS) is 21.0. The zero-order valence-corrected chi connectivity index (χ0v) is 12.1. The lowest BCUT2D eigenvalue weighted by molar-refractivity contribution is -0.146. The fourth-order valence-electron chi connectivity index (χ4n) is 2.73. The number of aryl methyl sites for hydroxylation is 1. The second-order valence-corrected chi connectivity index (χ2v) is 5.40. The Bertz CT molecular complexity index is 763. The quantitative estimate of drug-likeness (QED) is 0.850. The SMILES string of the molecule is Cc1nc2cc(NC(=O)[C@H]3CC=CC[C@H]3C(=O)O)ccc2o1. The van der Waals surface area contributed by atoms with E-state index in [1.54, 1.807) is 25.1 Å². The van der Waals surface area contributed by atoms with Gasteiger partial charge in [-0.2, -0.15) is 0 Å². The molecule has 0 bridgehead atoms. The van der Waals surface area contributed by atoms with E-state index in [1.807, 2.05) is 12.2 Å². The van der Waals surface area contributed by atoms with Crippen molar-refractivity contribution in [2.75, 3.05) is 5.32 Å². The molecule has 1 amide bonds. The molecule has 0 aliphatic heterocycles. The average molecular weight is 300 g/mol. The summed E-state index contributed by atoms with van der Waals surface area (Å²) in [5, 5.41) is 12.0. The third-order valence-electron chi connectivity index (χ3n) is 3.85. The molecule has 1 heterocycles. The highest BCUT2D eigenvalue weighted by atomic mass is 16.4. The fourth-order valence-corrected chi connectivity index (χ4v) is 2.73. The van der Waals surface area contributed by atoms with Crippen LogP contribution in [-0.2, 0) is 9.59 Å². The van der Waals surface area contributed by atoms with E-state index in [9.17, 15) is 14.7 Å². The molecular formula is C16H16N2O4. The number of nitrogens with one attached hydrogen (secondary N) is 1. The van der Waals surface area contributed by atoms with Crippen LogP contribution < -0.4 is 5.32 Å². The molecule has 0 unspecified atom stereocenters. The number of hydrogen-bond donors (Lipinski definition) is 2. The zero-order valence-electron chi connectivity index (χ0n) is 12.1. The Morgan fingerprint density at radius 3 is 2.73 bits per heavy atom. The molecule has 114 valence electrons. The number of rotatable bonds is 3. The van der Waals surface area contributed by atoms with Crippen LogP contribution in [0.1, 0.15) is 18.7 Å². The predicted molar refractivity (Wildman–Crippen MR) is 80.4 cm³/mol. The number of carboxylic acid groups (broad SMARTS) is 1. The Balaban J connectivity index is 1.79. The summed E-state index contributed by atoms with van der Waals surface area (Å²) in [6.07, 6.45) is 4.49. The molecule has 0 spiro atoms. The molecule has 0 radical (unpaired) electrons. The molecule has 1 aliphatic rings. The molecule has 6 heteroatoms. The number of nitrogens with zero attached hydrogens (tertiary/aromatic N) is 1. The second kappa shape index (κ2) is 5.63. The van der Waals surface area contributed by atoms with Crippen molar-refractivity contribution in [2.45, 2.75) is 19.8 Å². The number of anilines is 1. The van der Waals surface area contributed by atoms with Crippen LogP contribution in [-0.4, -0.2) is 22.0 Å². The number of aliphatic carboxylic acids is 1. The zero-order chi connectivity index (χ0) is 15.7. The highest BCUT2D eigenvalue weighted by Gasteiger charge is 2.33. The van der Waals surface area contributed by atoms with Crippen LogP contribution in [0.3, 0.4) is 0 Å².